The summed E-state index contributed by atoms with van der Waals surface area (Å²) in [5.41, 5.74) is 8.40. The molecule has 184 valence electrons. The second kappa shape index (κ2) is 7.71. The number of ketones is 2. The van der Waals surface area contributed by atoms with E-state index in [0.29, 0.717) is 27.9 Å². The summed E-state index contributed by atoms with van der Waals surface area (Å²) in [6.07, 6.45) is 2.18. The van der Waals surface area contributed by atoms with Crippen LogP contribution in [0.4, 0.5) is 10.1 Å². The van der Waals surface area contributed by atoms with Gasteiger partial charge < -0.3 is 5.32 Å². The van der Waals surface area contributed by atoms with Crippen LogP contribution in [0, 0.1) is 5.82 Å². The lowest BCUT2D eigenvalue weighted by Gasteiger charge is -2.38. The minimum Gasteiger partial charge on any atom is -0.354 e. The number of carbonyl (C=O) groups excluding carboxylic acids is 2. The molecule has 1 spiro atoms. The average Bonchev–Trinajstić information content (AvgIpc) is 3.26. The molecule has 0 amide bonds. The Kier molecular flexibility index (Phi) is 4.34. The van der Waals surface area contributed by atoms with Crippen LogP contribution in [0.15, 0.2) is 115 Å². The highest BCUT2D eigenvalue weighted by molar-refractivity contribution is 6.30. The van der Waals surface area contributed by atoms with Crippen LogP contribution in [0.1, 0.15) is 54.1 Å². The molecule has 5 aromatic rings. The van der Waals surface area contributed by atoms with E-state index in [1.807, 2.05) is 30.3 Å². The van der Waals surface area contributed by atoms with Crippen LogP contribution in [0.25, 0.3) is 16.8 Å². The zero-order chi connectivity index (χ0) is 26.3. The number of nitrogens with one attached hydrogen (secondary N) is 1. The third kappa shape index (κ3) is 2.80. The molecule has 0 atom stereocenters. The summed E-state index contributed by atoms with van der Waals surface area (Å²) >= 11 is 0. The number of rotatable bonds is 1. The average molecular weight is 506 g/mol. The van der Waals surface area contributed by atoms with Crippen LogP contribution in [0.3, 0.4) is 0 Å². The maximum absolute atomic E-state index is 14.0. The van der Waals surface area contributed by atoms with Gasteiger partial charge in [0.1, 0.15) is 5.82 Å². The molecule has 0 bridgehead atoms. The van der Waals surface area contributed by atoms with Crippen LogP contribution in [0.2, 0.25) is 0 Å². The molecule has 1 aliphatic heterocycles. The van der Waals surface area contributed by atoms with E-state index < -0.39 is 5.41 Å². The quantitative estimate of drug-likeness (QED) is 0.254. The Balaban J connectivity index is 1.49. The van der Waals surface area contributed by atoms with E-state index >= 15 is 0 Å². The van der Waals surface area contributed by atoms with Crippen molar-refractivity contribution >= 4 is 23.0 Å². The van der Waals surface area contributed by atoms with Crippen LogP contribution >= 0.6 is 0 Å². The first kappa shape index (κ1) is 21.9. The summed E-state index contributed by atoms with van der Waals surface area (Å²) in [7, 11) is 0. The number of allylic oxidation sites excluding steroid dienone is 1. The van der Waals surface area contributed by atoms with E-state index in [0.717, 1.165) is 39.1 Å². The Morgan fingerprint density at radius 2 is 1.10 bits per heavy atom. The lowest BCUT2D eigenvalue weighted by molar-refractivity contribution is 0.0979. The normalized spacial score (nSPS) is 15.5. The third-order valence-corrected chi connectivity index (χ3v) is 8.29. The van der Waals surface area contributed by atoms with E-state index in [1.54, 1.807) is 42.5 Å². The monoisotopic (exact) mass is 505 g/mol. The van der Waals surface area contributed by atoms with Gasteiger partial charge in [-0.25, -0.2) is 4.39 Å². The molecule has 0 saturated heterocycles. The Labute approximate surface area is 224 Å². The Morgan fingerprint density at radius 3 is 1.74 bits per heavy atom. The standard InChI is InChI=1S/C35H20FNO2/c36-21-15-13-20(14-16-21)30-19-35(27-11-5-3-7-22(27)23-8-4-6-12-28(23)35)29-18-17-26-31(32(29)37-30)34(39)25-10-2-1-9-24(25)33(26)38/h1-19,37H. The lowest BCUT2D eigenvalue weighted by Crippen LogP contribution is -2.33. The fraction of sp³-hybridized carbons (Fsp3) is 0.0286. The first-order chi connectivity index (χ1) is 19.1. The zero-order valence-corrected chi connectivity index (χ0v) is 20.7. The molecule has 8 rings (SSSR count). The van der Waals surface area contributed by atoms with Crippen molar-refractivity contribution in [2.24, 2.45) is 0 Å². The second-order valence-electron chi connectivity index (χ2n) is 10.2. The summed E-state index contributed by atoms with van der Waals surface area (Å²) in [5.74, 6) is -0.667. The molecule has 0 fully saturated rings. The largest absolute Gasteiger partial charge is 0.354 e. The molecule has 1 N–H and O–H groups in total. The van der Waals surface area contributed by atoms with Crippen molar-refractivity contribution < 1.29 is 14.0 Å². The summed E-state index contributed by atoms with van der Waals surface area (Å²) in [4.78, 5) is 27.6. The number of carbonyl (C=O) groups is 2. The van der Waals surface area contributed by atoms with Gasteiger partial charge in [0.2, 0.25) is 0 Å². The van der Waals surface area contributed by atoms with Crippen LogP contribution in [0.5, 0.6) is 0 Å². The minimum atomic E-state index is -0.715. The van der Waals surface area contributed by atoms with Gasteiger partial charge in [-0.2, -0.15) is 0 Å². The second-order valence-corrected chi connectivity index (χ2v) is 10.2. The van der Waals surface area contributed by atoms with E-state index in [4.69, 9.17) is 0 Å². The Hall–Kier alpha value is -5.09. The highest BCUT2D eigenvalue weighted by Crippen LogP contribution is 2.58. The smallest absolute Gasteiger partial charge is 0.196 e. The topological polar surface area (TPSA) is 46.2 Å². The van der Waals surface area contributed by atoms with Gasteiger partial charge in [0.25, 0.3) is 0 Å². The molecule has 2 aliphatic carbocycles. The van der Waals surface area contributed by atoms with Crippen LogP contribution in [-0.4, -0.2) is 11.6 Å². The Bertz CT molecular complexity index is 1890. The van der Waals surface area contributed by atoms with Crippen molar-refractivity contribution in [1.29, 1.82) is 0 Å². The van der Waals surface area contributed by atoms with Crippen molar-refractivity contribution in [2.45, 2.75) is 5.41 Å². The first-order valence-electron chi connectivity index (χ1n) is 12.9. The number of halogens is 1. The van der Waals surface area contributed by atoms with Gasteiger partial charge in [-0.3, -0.25) is 9.59 Å². The molecule has 4 heteroatoms. The van der Waals surface area contributed by atoms with E-state index in [-0.39, 0.29) is 17.4 Å². The van der Waals surface area contributed by atoms with Crippen molar-refractivity contribution in [1.82, 2.24) is 0 Å². The Morgan fingerprint density at radius 1 is 0.538 bits per heavy atom. The molecule has 1 heterocycles. The maximum atomic E-state index is 14.0. The number of benzene rings is 5. The fourth-order valence-corrected chi connectivity index (χ4v) is 6.61. The van der Waals surface area contributed by atoms with Gasteiger partial charge in [-0.15, -0.1) is 0 Å². The first-order valence-corrected chi connectivity index (χ1v) is 12.9. The van der Waals surface area contributed by atoms with Crippen molar-refractivity contribution in [3.05, 3.63) is 166 Å². The summed E-state index contributed by atoms with van der Waals surface area (Å²) in [6.45, 7) is 0. The summed E-state index contributed by atoms with van der Waals surface area (Å²) in [5, 5.41) is 3.52. The van der Waals surface area contributed by atoms with Gasteiger partial charge in [0, 0.05) is 22.4 Å². The zero-order valence-electron chi connectivity index (χ0n) is 20.7. The number of hydrogen-bond donors (Lipinski definition) is 1. The number of fused-ring (bicyclic) bond motifs is 10. The van der Waals surface area contributed by atoms with Gasteiger partial charge in [-0.1, -0.05) is 91.0 Å². The number of hydrogen-bond acceptors (Lipinski definition) is 3. The minimum absolute atomic E-state index is 0.163. The molecule has 39 heavy (non-hydrogen) atoms. The van der Waals surface area contributed by atoms with E-state index in [2.05, 4.69) is 35.7 Å². The van der Waals surface area contributed by atoms with Crippen molar-refractivity contribution in [2.75, 3.05) is 5.32 Å². The molecule has 3 nitrogen and oxygen atoms in total. The molecule has 0 saturated carbocycles. The lowest BCUT2D eigenvalue weighted by atomic mass is 9.67. The van der Waals surface area contributed by atoms with Gasteiger partial charge in [-0.05, 0) is 57.7 Å². The van der Waals surface area contributed by atoms with E-state index in [9.17, 15) is 14.0 Å². The summed E-state index contributed by atoms with van der Waals surface area (Å²) < 4.78 is 13.9. The van der Waals surface area contributed by atoms with Crippen LogP contribution < -0.4 is 5.32 Å². The molecule has 5 aromatic carbocycles. The SMILES string of the molecule is O=C1c2ccccc2C(=O)c2c1ccc1c2NC(c2ccc(F)cc2)=CC12c1ccccc1-c1ccccc12. The van der Waals surface area contributed by atoms with E-state index in [1.165, 1.54) is 12.1 Å². The highest BCUT2D eigenvalue weighted by atomic mass is 19.1. The molecular weight excluding hydrogens is 485 g/mol. The van der Waals surface area contributed by atoms with Gasteiger partial charge >= 0.3 is 0 Å². The van der Waals surface area contributed by atoms with Crippen LogP contribution in [-0.2, 0) is 5.41 Å². The van der Waals surface area contributed by atoms with Crippen molar-refractivity contribution in [3.63, 3.8) is 0 Å². The molecule has 0 aromatic heterocycles. The predicted octanol–water partition coefficient (Wildman–Crippen LogP) is 7.38. The molecule has 0 unspecified atom stereocenters. The highest BCUT2D eigenvalue weighted by Gasteiger charge is 2.48. The number of anilines is 1. The molecular formula is C35H20FNO2. The van der Waals surface area contributed by atoms with Gasteiger partial charge in [0.05, 0.1) is 16.7 Å². The molecule has 0 radical (unpaired) electrons. The van der Waals surface area contributed by atoms with Gasteiger partial charge in [0.15, 0.2) is 11.6 Å². The summed E-state index contributed by atoms with van der Waals surface area (Å²) in [6, 6.07) is 33.7. The fourth-order valence-electron chi connectivity index (χ4n) is 6.61. The third-order valence-electron chi connectivity index (χ3n) is 8.29. The van der Waals surface area contributed by atoms with Crippen molar-refractivity contribution in [3.8, 4) is 11.1 Å². The maximum Gasteiger partial charge on any atom is 0.196 e. The predicted molar refractivity (Wildman–Crippen MR) is 150 cm³/mol. The molecule has 3 aliphatic rings.